The first kappa shape index (κ1) is 25.5. The number of ketones is 1. The minimum atomic E-state index is -3.83. The van der Waals surface area contributed by atoms with Crippen molar-refractivity contribution in [1.82, 2.24) is 19.2 Å². The number of carbonyl (C=O) groups is 1. The van der Waals surface area contributed by atoms with E-state index in [-0.39, 0.29) is 21.4 Å². The summed E-state index contributed by atoms with van der Waals surface area (Å²) in [5.41, 5.74) is 7.01. The Morgan fingerprint density at radius 3 is 2.31 bits per heavy atom. The van der Waals surface area contributed by atoms with Gasteiger partial charge in [0.25, 0.3) is 0 Å². The number of hydrogen-bond donors (Lipinski definition) is 1. The number of rotatable bonds is 6. The fraction of sp³-hybridized carbons (Fsp3) is 0.292. The molecule has 2 N–H and O–H groups in total. The van der Waals surface area contributed by atoms with E-state index in [1.165, 1.54) is 22.6 Å². The summed E-state index contributed by atoms with van der Waals surface area (Å²) in [5, 5.41) is 0.607. The second-order valence-electron chi connectivity index (χ2n) is 8.50. The Balaban J connectivity index is 1.67. The monoisotopic (exact) mass is 533 g/mol. The van der Waals surface area contributed by atoms with Crippen LogP contribution in [0.5, 0.6) is 0 Å². The summed E-state index contributed by atoms with van der Waals surface area (Å²) in [6, 6.07) is 11.3. The molecule has 3 aromatic rings. The number of benzene rings is 2. The Kier molecular flexibility index (Phi) is 7.44. The predicted molar refractivity (Wildman–Crippen MR) is 137 cm³/mol. The molecule has 0 saturated carbocycles. The van der Waals surface area contributed by atoms with Crippen LogP contribution in [0.1, 0.15) is 29.9 Å². The zero-order chi connectivity index (χ0) is 25.3. The number of anilines is 1. The molecular weight excluding hydrogens is 509 g/mol. The van der Waals surface area contributed by atoms with Crippen LogP contribution in [-0.2, 0) is 10.0 Å². The second-order valence-corrected chi connectivity index (χ2v) is 11.3. The maximum atomic E-state index is 13.4. The molecule has 8 nitrogen and oxygen atoms in total. The van der Waals surface area contributed by atoms with Gasteiger partial charge in [0.1, 0.15) is 4.90 Å². The molecule has 1 saturated heterocycles. The number of halogens is 2. The first-order valence-electron chi connectivity index (χ1n) is 11.0. The number of hydrogen-bond acceptors (Lipinski definition) is 7. The Hall–Kier alpha value is -2.56. The SMILES string of the molecule is CC(C)N1CCN(S(=O)(=O)c2cc(-c3cnc(N)c(C(=O)c4ccc(Cl)cc4)n3)ccc2Cl)CC1. The third kappa shape index (κ3) is 5.34. The second kappa shape index (κ2) is 10.2. The van der Waals surface area contributed by atoms with Gasteiger partial charge in [-0.2, -0.15) is 4.31 Å². The maximum Gasteiger partial charge on any atom is 0.244 e. The van der Waals surface area contributed by atoms with E-state index in [1.54, 1.807) is 30.3 Å². The van der Waals surface area contributed by atoms with Crippen molar-refractivity contribution >= 4 is 44.8 Å². The van der Waals surface area contributed by atoms with Crippen molar-refractivity contribution in [3.05, 3.63) is 70.0 Å². The van der Waals surface area contributed by atoms with Gasteiger partial charge in [0.05, 0.1) is 16.9 Å². The highest BCUT2D eigenvalue weighted by Crippen LogP contribution is 2.31. The van der Waals surface area contributed by atoms with Crippen LogP contribution >= 0.6 is 23.2 Å². The average Bonchev–Trinajstić information content (AvgIpc) is 2.84. The van der Waals surface area contributed by atoms with Crippen LogP contribution in [0.25, 0.3) is 11.3 Å². The lowest BCUT2D eigenvalue weighted by Crippen LogP contribution is -2.50. The quantitative estimate of drug-likeness (QED) is 0.477. The van der Waals surface area contributed by atoms with E-state index in [4.69, 9.17) is 28.9 Å². The Morgan fingerprint density at radius 2 is 1.69 bits per heavy atom. The zero-order valence-corrected chi connectivity index (χ0v) is 21.6. The molecule has 184 valence electrons. The predicted octanol–water partition coefficient (Wildman–Crippen LogP) is 3.98. The van der Waals surface area contributed by atoms with E-state index in [1.807, 2.05) is 0 Å². The number of nitrogen functional groups attached to an aromatic ring is 1. The van der Waals surface area contributed by atoms with Gasteiger partial charge in [0.15, 0.2) is 11.5 Å². The van der Waals surface area contributed by atoms with Crippen molar-refractivity contribution in [1.29, 1.82) is 0 Å². The molecule has 11 heteroatoms. The fourth-order valence-electron chi connectivity index (χ4n) is 3.90. The highest BCUT2D eigenvalue weighted by Gasteiger charge is 2.31. The summed E-state index contributed by atoms with van der Waals surface area (Å²) in [4.78, 5) is 23.7. The van der Waals surface area contributed by atoms with Crippen molar-refractivity contribution < 1.29 is 13.2 Å². The molecule has 0 amide bonds. The summed E-state index contributed by atoms with van der Waals surface area (Å²) in [7, 11) is -3.83. The summed E-state index contributed by atoms with van der Waals surface area (Å²) in [6.45, 7) is 6.22. The number of nitrogens with zero attached hydrogens (tertiary/aromatic N) is 4. The van der Waals surface area contributed by atoms with Gasteiger partial charge >= 0.3 is 0 Å². The molecule has 0 aliphatic carbocycles. The van der Waals surface area contributed by atoms with Gasteiger partial charge in [-0.3, -0.25) is 9.69 Å². The maximum absolute atomic E-state index is 13.4. The number of aromatic nitrogens is 2. The molecule has 35 heavy (non-hydrogen) atoms. The number of nitrogens with two attached hydrogens (primary N) is 1. The number of carbonyl (C=O) groups excluding carboxylic acids is 1. The molecule has 2 heterocycles. The lowest BCUT2D eigenvalue weighted by Gasteiger charge is -2.36. The number of sulfonamides is 1. The smallest absolute Gasteiger partial charge is 0.244 e. The third-order valence-corrected chi connectivity index (χ3v) is 8.60. The molecule has 2 aromatic carbocycles. The highest BCUT2D eigenvalue weighted by molar-refractivity contribution is 7.89. The van der Waals surface area contributed by atoms with E-state index < -0.39 is 15.8 Å². The molecule has 0 atom stereocenters. The fourth-order valence-corrected chi connectivity index (χ4v) is 5.95. The molecule has 1 fully saturated rings. The molecule has 0 bridgehead atoms. The first-order valence-corrected chi connectivity index (χ1v) is 13.2. The van der Waals surface area contributed by atoms with Gasteiger partial charge in [-0.25, -0.2) is 18.4 Å². The normalized spacial score (nSPS) is 15.5. The van der Waals surface area contributed by atoms with Crippen LogP contribution in [-0.4, -0.2) is 65.6 Å². The van der Waals surface area contributed by atoms with Gasteiger partial charge in [0, 0.05) is 48.4 Å². The van der Waals surface area contributed by atoms with E-state index in [2.05, 4.69) is 28.7 Å². The van der Waals surface area contributed by atoms with Crippen LogP contribution in [0.3, 0.4) is 0 Å². The largest absolute Gasteiger partial charge is 0.382 e. The average molecular weight is 534 g/mol. The van der Waals surface area contributed by atoms with Crippen LogP contribution in [0.4, 0.5) is 5.82 Å². The van der Waals surface area contributed by atoms with Gasteiger partial charge in [-0.1, -0.05) is 29.3 Å². The minimum Gasteiger partial charge on any atom is -0.382 e. The molecule has 1 aliphatic heterocycles. The Labute approximate surface area is 214 Å². The van der Waals surface area contributed by atoms with Crippen LogP contribution in [0, 0.1) is 0 Å². The van der Waals surface area contributed by atoms with Crippen LogP contribution in [0.2, 0.25) is 10.0 Å². The van der Waals surface area contributed by atoms with Crippen molar-refractivity contribution in [3.8, 4) is 11.3 Å². The van der Waals surface area contributed by atoms with Gasteiger partial charge in [-0.05, 0) is 50.2 Å². The molecular formula is C24H25Cl2N5O3S. The first-order chi connectivity index (χ1) is 16.6. The topological polar surface area (TPSA) is 109 Å². The standard InChI is InChI=1S/C24H25Cl2N5O3S/c1-15(2)30-9-11-31(12-10-30)35(33,34)21-13-17(5-8-19(21)26)20-14-28-24(27)22(29-20)23(32)16-3-6-18(25)7-4-16/h3-8,13-15H,9-12H2,1-2H3,(H2,27,28). The lowest BCUT2D eigenvalue weighted by atomic mass is 10.1. The zero-order valence-electron chi connectivity index (χ0n) is 19.3. The van der Waals surface area contributed by atoms with Gasteiger partial charge in [0.2, 0.25) is 15.8 Å². The third-order valence-electron chi connectivity index (χ3n) is 5.97. The van der Waals surface area contributed by atoms with E-state index >= 15 is 0 Å². The summed E-state index contributed by atoms with van der Waals surface area (Å²) >= 11 is 12.2. The van der Waals surface area contributed by atoms with Crippen molar-refractivity contribution in [2.75, 3.05) is 31.9 Å². The molecule has 0 radical (unpaired) electrons. The summed E-state index contributed by atoms with van der Waals surface area (Å²) in [5.74, 6) is -0.447. The van der Waals surface area contributed by atoms with Crippen LogP contribution < -0.4 is 5.73 Å². The molecule has 0 spiro atoms. The van der Waals surface area contributed by atoms with E-state index in [0.29, 0.717) is 54.1 Å². The molecule has 1 aromatic heterocycles. The van der Waals surface area contributed by atoms with Crippen LogP contribution in [0.15, 0.2) is 53.6 Å². The molecule has 4 rings (SSSR count). The van der Waals surface area contributed by atoms with E-state index in [9.17, 15) is 13.2 Å². The number of piperazine rings is 1. The van der Waals surface area contributed by atoms with Crippen molar-refractivity contribution in [2.45, 2.75) is 24.8 Å². The minimum absolute atomic E-state index is 0.0149. The Morgan fingerprint density at radius 1 is 1.03 bits per heavy atom. The van der Waals surface area contributed by atoms with Gasteiger partial charge < -0.3 is 5.73 Å². The summed E-state index contributed by atoms with van der Waals surface area (Å²) in [6.07, 6.45) is 1.40. The van der Waals surface area contributed by atoms with Crippen molar-refractivity contribution in [3.63, 3.8) is 0 Å². The highest BCUT2D eigenvalue weighted by atomic mass is 35.5. The van der Waals surface area contributed by atoms with E-state index in [0.717, 1.165) is 0 Å². The Bertz CT molecular complexity index is 1360. The lowest BCUT2D eigenvalue weighted by molar-refractivity contribution is 0.103. The van der Waals surface area contributed by atoms with Gasteiger partial charge in [-0.15, -0.1) is 0 Å². The molecule has 1 aliphatic rings. The van der Waals surface area contributed by atoms with Crippen molar-refractivity contribution in [2.24, 2.45) is 0 Å². The summed E-state index contributed by atoms with van der Waals surface area (Å²) < 4.78 is 28.3. The molecule has 0 unspecified atom stereocenters.